The predicted molar refractivity (Wildman–Crippen MR) is 56.9 cm³/mol. The number of nitrogens with zero attached hydrogens (tertiary/aromatic N) is 2. The molecule has 0 radical (unpaired) electrons. The zero-order valence-electron chi connectivity index (χ0n) is 7.06. The van der Waals surface area contributed by atoms with Crippen molar-refractivity contribution in [3.63, 3.8) is 0 Å². The summed E-state index contributed by atoms with van der Waals surface area (Å²) in [6.45, 7) is 1.70. The zero-order chi connectivity index (χ0) is 10.5. The maximum Gasteiger partial charge on any atom is 0.255 e. The van der Waals surface area contributed by atoms with Crippen LogP contribution in [0.4, 0.5) is 0 Å². The van der Waals surface area contributed by atoms with Gasteiger partial charge in [0.2, 0.25) is 0 Å². The van der Waals surface area contributed by atoms with Crippen molar-refractivity contribution in [2.75, 3.05) is 0 Å². The molecule has 8 heteroatoms. The molecular weight excluding hydrogens is 290 g/mol. The van der Waals surface area contributed by atoms with Gasteiger partial charge in [-0.05, 0) is 22.9 Å². The van der Waals surface area contributed by atoms with Gasteiger partial charge in [0, 0.05) is 11.1 Å². The van der Waals surface area contributed by atoms with Crippen molar-refractivity contribution >= 4 is 42.3 Å². The lowest BCUT2D eigenvalue weighted by Gasteiger charge is -1.96. The summed E-state index contributed by atoms with van der Waals surface area (Å²) in [7, 11) is -3.69. The number of nitrogens with two attached hydrogens (primary N) is 1. The summed E-state index contributed by atoms with van der Waals surface area (Å²) in [5.41, 5.74) is 0. The van der Waals surface area contributed by atoms with Gasteiger partial charge in [-0.15, -0.1) is 11.3 Å². The first kappa shape index (κ1) is 10.1. The minimum Gasteiger partial charge on any atom is -0.278 e. The molecule has 14 heavy (non-hydrogen) atoms. The third-order valence-electron chi connectivity index (χ3n) is 1.68. The van der Waals surface area contributed by atoms with E-state index in [1.54, 1.807) is 13.1 Å². The molecule has 76 valence electrons. The van der Waals surface area contributed by atoms with Gasteiger partial charge in [-0.25, -0.2) is 18.5 Å². The summed E-state index contributed by atoms with van der Waals surface area (Å²) in [6.07, 6.45) is 1.58. The monoisotopic (exact) mass is 295 g/mol. The second kappa shape index (κ2) is 3.02. The van der Waals surface area contributed by atoms with Gasteiger partial charge in [-0.1, -0.05) is 0 Å². The van der Waals surface area contributed by atoms with Crippen LogP contribution in [-0.4, -0.2) is 17.8 Å². The molecule has 2 N–H and O–H groups in total. The lowest BCUT2D eigenvalue weighted by atomic mass is 10.6. The molecule has 2 aromatic heterocycles. The molecule has 0 bridgehead atoms. The number of hydrogen-bond donors (Lipinski definition) is 1. The summed E-state index contributed by atoms with van der Waals surface area (Å²) in [6, 6.07) is 0. The topological polar surface area (TPSA) is 77.5 Å². The quantitative estimate of drug-likeness (QED) is 0.856. The van der Waals surface area contributed by atoms with Crippen LogP contribution in [0.1, 0.15) is 4.88 Å². The highest BCUT2D eigenvalue weighted by molar-refractivity contribution is 9.10. The van der Waals surface area contributed by atoms with E-state index in [9.17, 15) is 8.42 Å². The van der Waals surface area contributed by atoms with Gasteiger partial charge in [0.05, 0.1) is 0 Å². The maximum atomic E-state index is 11.3. The number of hydrogen-bond acceptors (Lipinski definition) is 4. The molecule has 0 spiro atoms. The van der Waals surface area contributed by atoms with Crippen molar-refractivity contribution in [2.45, 2.75) is 11.9 Å². The van der Waals surface area contributed by atoms with Crippen LogP contribution in [0, 0.1) is 6.92 Å². The fraction of sp³-hybridized carbons (Fsp3) is 0.167. The van der Waals surface area contributed by atoms with Gasteiger partial charge >= 0.3 is 0 Å². The molecule has 2 heterocycles. The molecule has 0 atom stereocenters. The first-order valence-corrected chi connectivity index (χ1v) is 6.72. The van der Waals surface area contributed by atoms with Gasteiger partial charge in [-0.3, -0.25) is 4.40 Å². The molecule has 0 saturated carbocycles. The molecule has 0 unspecified atom stereocenters. The van der Waals surface area contributed by atoms with Crippen LogP contribution in [-0.2, 0) is 10.0 Å². The van der Waals surface area contributed by atoms with Gasteiger partial charge in [-0.2, -0.15) is 0 Å². The molecule has 2 rings (SSSR count). The lowest BCUT2D eigenvalue weighted by molar-refractivity contribution is 0.592. The number of rotatable bonds is 1. The summed E-state index contributed by atoms with van der Waals surface area (Å²) in [5.74, 6) is 0. The predicted octanol–water partition coefficient (Wildman–Crippen LogP) is 1.11. The first-order valence-electron chi connectivity index (χ1n) is 3.56. The molecule has 0 saturated heterocycles. The Balaban J connectivity index is 2.92. The molecule has 0 aromatic carbocycles. The standard InChI is InChI=1S/C6H6BrN3O2S2/c1-3-5(14(8,11)12)10-2-4(7)9-6(10)13-3/h2H,1H3,(H2,8,11,12). The van der Waals surface area contributed by atoms with Crippen molar-refractivity contribution in [2.24, 2.45) is 5.14 Å². The minimum atomic E-state index is -3.69. The van der Waals surface area contributed by atoms with E-state index in [-0.39, 0.29) is 5.03 Å². The van der Waals surface area contributed by atoms with Crippen LogP contribution in [0.2, 0.25) is 0 Å². The molecule has 5 nitrogen and oxygen atoms in total. The normalized spacial score (nSPS) is 12.5. The number of thiazole rings is 1. The van der Waals surface area contributed by atoms with Crippen molar-refractivity contribution in [3.8, 4) is 0 Å². The fourth-order valence-corrected chi connectivity index (χ4v) is 3.92. The van der Waals surface area contributed by atoms with Crippen LogP contribution < -0.4 is 5.14 Å². The van der Waals surface area contributed by atoms with Crippen LogP contribution >= 0.6 is 27.3 Å². The Morgan fingerprint density at radius 2 is 2.29 bits per heavy atom. The average Bonchev–Trinajstić information content (AvgIpc) is 2.38. The van der Waals surface area contributed by atoms with Crippen LogP contribution in [0.25, 0.3) is 4.96 Å². The molecule has 0 aliphatic carbocycles. The van der Waals surface area contributed by atoms with Crippen molar-refractivity contribution in [3.05, 3.63) is 15.7 Å². The second-order valence-corrected chi connectivity index (χ2v) is 6.20. The summed E-state index contributed by atoms with van der Waals surface area (Å²) >= 11 is 4.46. The van der Waals surface area contributed by atoms with Crippen LogP contribution in [0.3, 0.4) is 0 Å². The van der Waals surface area contributed by atoms with E-state index >= 15 is 0 Å². The number of aryl methyl sites for hydroxylation is 1. The molecule has 0 aliphatic rings. The summed E-state index contributed by atoms with van der Waals surface area (Å²) in [5, 5.41) is 5.20. The van der Waals surface area contributed by atoms with Crippen molar-refractivity contribution in [1.29, 1.82) is 0 Å². The Hall–Kier alpha value is -0.440. The van der Waals surface area contributed by atoms with E-state index in [4.69, 9.17) is 5.14 Å². The zero-order valence-corrected chi connectivity index (χ0v) is 10.3. The van der Waals surface area contributed by atoms with Crippen molar-refractivity contribution < 1.29 is 8.42 Å². The smallest absolute Gasteiger partial charge is 0.255 e. The van der Waals surface area contributed by atoms with E-state index in [2.05, 4.69) is 20.9 Å². The number of aromatic nitrogens is 2. The van der Waals surface area contributed by atoms with Gasteiger partial charge < -0.3 is 0 Å². The third-order valence-corrected chi connectivity index (χ3v) is 4.20. The average molecular weight is 296 g/mol. The number of imidazole rings is 1. The van der Waals surface area contributed by atoms with E-state index in [1.165, 1.54) is 15.7 Å². The number of sulfonamides is 1. The van der Waals surface area contributed by atoms with Gasteiger partial charge in [0.25, 0.3) is 10.0 Å². The molecule has 0 amide bonds. The molecule has 2 aromatic rings. The van der Waals surface area contributed by atoms with Gasteiger partial charge in [0.15, 0.2) is 9.99 Å². The highest BCUT2D eigenvalue weighted by Gasteiger charge is 2.20. The number of primary sulfonamides is 1. The van der Waals surface area contributed by atoms with Crippen molar-refractivity contribution in [1.82, 2.24) is 9.38 Å². The van der Waals surface area contributed by atoms with Gasteiger partial charge in [0.1, 0.15) is 4.60 Å². The van der Waals surface area contributed by atoms with E-state index < -0.39 is 10.0 Å². The van der Waals surface area contributed by atoms with E-state index in [0.29, 0.717) is 14.4 Å². The maximum absolute atomic E-state index is 11.3. The summed E-state index contributed by atoms with van der Waals surface area (Å²) < 4.78 is 24.6. The number of fused-ring (bicyclic) bond motifs is 1. The molecular formula is C6H6BrN3O2S2. The van der Waals surface area contributed by atoms with Crippen LogP contribution in [0.15, 0.2) is 15.8 Å². The highest BCUT2D eigenvalue weighted by atomic mass is 79.9. The molecule has 0 aliphatic heterocycles. The Bertz CT molecular complexity index is 598. The van der Waals surface area contributed by atoms with Crippen LogP contribution in [0.5, 0.6) is 0 Å². The largest absolute Gasteiger partial charge is 0.278 e. The lowest BCUT2D eigenvalue weighted by Crippen LogP contribution is -2.15. The second-order valence-electron chi connectivity index (χ2n) is 2.72. The Labute approximate surface area is 92.7 Å². The SMILES string of the molecule is Cc1sc2nc(Br)cn2c1S(N)(=O)=O. The fourth-order valence-electron chi connectivity index (χ4n) is 1.24. The molecule has 0 fully saturated rings. The van der Waals surface area contributed by atoms with E-state index in [0.717, 1.165) is 0 Å². The Morgan fingerprint density at radius 1 is 1.64 bits per heavy atom. The first-order chi connectivity index (χ1) is 6.39. The Morgan fingerprint density at radius 3 is 2.86 bits per heavy atom. The number of halogens is 1. The Kier molecular flexibility index (Phi) is 2.18. The third kappa shape index (κ3) is 1.48. The highest BCUT2D eigenvalue weighted by Crippen LogP contribution is 2.26. The van der Waals surface area contributed by atoms with E-state index in [1.807, 2.05) is 0 Å². The summed E-state index contributed by atoms with van der Waals surface area (Å²) in [4.78, 5) is 5.34. The minimum absolute atomic E-state index is 0.107.